The zero-order chi connectivity index (χ0) is 25.9. The SMILES string of the molecule is COc1ccc(Cc2nc(CN3CCN(C)CC3)ccc2-c2cnc3c(N)cc(N)nc3c2)c(OC)c1. The molecule has 1 aliphatic heterocycles. The van der Waals surface area contributed by atoms with Gasteiger partial charge in [-0.1, -0.05) is 12.1 Å². The fourth-order valence-corrected chi connectivity index (χ4v) is 4.75. The molecular formula is C28H33N7O2. The summed E-state index contributed by atoms with van der Waals surface area (Å²) in [5, 5.41) is 0. The minimum Gasteiger partial charge on any atom is -0.497 e. The zero-order valence-corrected chi connectivity index (χ0v) is 21.6. The van der Waals surface area contributed by atoms with Crippen molar-refractivity contribution in [3.8, 4) is 22.6 Å². The maximum atomic E-state index is 6.12. The van der Waals surface area contributed by atoms with Gasteiger partial charge in [0.15, 0.2) is 0 Å². The molecule has 192 valence electrons. The summed E-state index contributed by atoms with van der Waals surface area (Å²) in [5.74, 6) is 1.88. The van der Waals surface area contributed by atoms with Crippen molar-refractivity contribution in [3.63, 3.8) is 0 Å². The van der Waals surface area contributed by atoms with E-state index in [0.29, 0.717) is 29.0 Å². The lowest BCUT2D eigenvalue weighted by molar-refractivity contribution is 0.147. The van der Waals surface area contributed by atoms with Gasteiger partial charge in [0.05, 0.1) is 36.8 Å². The van der Waals surface area contributed by atoms with Gasteiger partial charge in [0, 0.05) is 74.2 Å². The van der Waals surface area contributed by atoms with Crippen molar-refractivity contribution in [1.29, 1.82) is 0 Å². The Morgan fingerprint density at radius 2 is 1.73 bits per heavy atom. The van der Waals surface area contributed by atoms with Crippen molar-refractivity contribution in [3.05, 3.63) is 65.6 Å². The maximum absolute atomic E-state index is 6.12. The van der Waals surface area contributed by atoms with Gasteiger partial charge in [0.1, 0.15) is 22.8 Å². The highest BCUT2D eigenvalue weighted by Crippen LogP contribution is 2.32. The monoisotopic (exact) mass is 499 g/mol. The van der Waals surface area contributed by atoms with Crippen molar-refractivity contribution in [2.45, 2.75) is 13.0 Å². The summed E-state index contributed by atoms with van der Waals surface area (Å²) in [6.45, 7) is 5.01. The molecule has 4 N–H and O–H groups in total. The van der Waals surface area contributed by atoms with Crippen molar-refractivity contribution < 1.29 is 9.47 Å². The van der Waals surface area contributed by atoms with Crippen LogP contribution in [0.3, 0.4) is 0 Å². The minimum absolute atomic E-state index is 0.368. The second-order valence-corrected chi connectivity index (χ2v) is 9.46. The van der Waals surface area contributed by atoms with Crippen LogP contribution in [0.4, 0.5) is 11.5 Å². The third-order valence-corrected chi connectivity index (χ3v) is 6.87. The van der Waals surface area contributed by atoms with Crippen LogP contribution in [-0.4, -0.2) is 72.2 Å². The molecule has 1 aromatic carbocycles. The Bertz CT molecular complexity index is 1420. The number of nitrogen functional groups attached to an aromatic ring is 2. The summed E-state index contributed by atoms with van der Waals surface area (Å²) in [6, 6.07) is 13.7. The van der Waals surface area contributed by atoms with Gasteiger partial charge in [0.25, 0.3) is 0 Å². The number of methoxy groups -OCH3 is 2. The van der Waals surface area contributed by atoms with Crippen LogP contribution < -0.4 is 20.9 Å². The number of ether oxygens (including phenoxy) is 2. The number of nitrogens with zero attached hydrogens (tertiary/aromatic N) is 5. The van der Waals surface area contributed by atoms with Gasteiger partial charge in [-0.05, 0) is 25.2 Å². The van der Waals surface area contributed by atoms with Crippen LogP contribution in [0.5, 0.6) is 11.5 Å². The Labute approximate surface area is 217 Å². The van der Waals surface area contributed by atoms with Gasteiger partial charge in [-0.3, -0.25) is 14.9 Å². The molecule has 4 heterocycles. The van der Waals surface area contributed by atoms with Crippen LogP contribution in [0.25, 0.3) is 22.2 Å². The van der Waals surface area contributed by atoms with E-state index < -0.39 is 0 Å². The fraction of sp³-hybridized carbons (Fsp3) is 0.321. The normalized spacial score (nSPS) is 14.7. The molecule has 0 spiro atoms. The van der Waals surface area contributed by atoms with Gasteiger partial charge in [-0.2, -0.15) is 0 Å². The quantitative estimate of drug-likeness (QED) is 0.395. The standard InChI is InChI=1S/C28H33N7O2/c1-34-8-10-35(11-9-34)17-20-5-7-22(19-13-25-28(31-16-19)23(29)15-27(30)33-25)24(32-20)12-18-4-6-21(36-2)14-26(18)37-3/h4-7,13-16H,8-12,17H2,1-3H3,(H4,29,30,33). The molecule has 9 heteroatoms. The van der Waals surface area contributed by atoms with E-state index in [9.17, 15) is 0 Å². The molecule has 0 bridgehead atoms. The molecule has 0 saturated carbocycles. The Hall–Kier alpha value is -3.95. The summed E-state index contributed by atoms with van der Waals surface area (Å²) in [6.07, 6.45) is 2.41. The highest BCUT2D eigenvalue weighted by atomic mass is 16.5. The van der Waals surface area contributed by atoms with Gasteiger partial charge < -0.3 is 25.8 Å². The lowest BCUT2D eigenvalue weighted by Crippen LogP contribution is -2.44. The molecule has 4 aromatic rings. The molecule has 3 aromatic heterocycles. The number of anilines is 2. The fourth-order valence-electron chi connectivity index (χ4n) is 4.75. The van der Waals surface area contributed by atoms with Crippen LogP contribution in [0.2, 0.25) is 0 Å². The average molecular weight is 500 g/mol. The smallest absolute Gasteiger partial charge is 0.126 e. The van der Waals surface area contributed by atoms with Crippen molar-refractivity contribution in [1.82, 2.24) is 24.8 Å². The third kappa shape index (κ3) is 5.42. The van der Waals surface area contributed by atoms with Crippen LogP contribution in [0.15, 0.2) is 48.7 Å². The Morgan fingerprint density at radius 3 is 2.49 bits per heavy atom. The summed E-state index contributed by atoms with van der Waals surface area (Å²) in [5.41, 5.74) is 18.8. The van der Waals surface area contributed by atoms with Gasteiger partial charge >= 0.3 is 0 Å². The number of hydrogen-bond donors (Lipinski definition) is 2. The molecule has 0 atom stereocenters. The average Bonchev–Trinajstić information content (AvgIpc) is 2.90. The van der Waals surface area contributed by atoms with Gasteiger partial charge in [-0.25, -0.2) is 4.98 Å². The lowest BCUT2D eigenvalue weighted by Gasteiger charge is -2.32. The number of aromatic nitrogens is 3. The molecule has 9 nitrogen and oxygen atoms in total. The van der Waals surface area contributed by atoms with Crippen LogP contribution in [0.1, 0.15) is 17.0 Å². The van der Waals surface area contributed by atoms with Crippen molar-refractivity contribution in [2.75, 3.05) is 58.9 Å². The molecule has 0 radical (unpaired) electrons. The predicted molar refractivity (Wildman–Crippen MR) is 147 cm³/mol. The molecule has 1 fully saturated rings. The van der Waals surface area contributed by atoms with Gasteiger partial charge in [-0.15, -0.1) is 0 Å². The highest BCUT2D eigenvalue weighted by Gasteiger charge is 2.18. The van der Waals surface area contributed by atoms with Crippen molar-refractivity contribution >= 4 is 22.5 Å². The van der Waals surface area contributed by atoms with Crippen LogP contribution >= 0.6 is 0 Å². The zero-order valence-electron chi connectivity index (χ0n) is 21.6. The van der Waals surface area contributed by atoms with E-state index in [1.165, 1.54) is 0 Å². The lowest BCUT2D eigenvalue weighted by atomic mass is 9.98. The molecule has 0 aliphatic carbocycles. The van der Waals surface area contributed by atoms with E-state index in [1.54, 1.807) is 20.3 Å². The second-order valence-electron chi connectivity index (χ2n) is 9.46. The van der Waals surface area contributed by atoms with E-state index >= 15 is 0 Å². The summed E-state index contributed by atoms with van der Waals surface area (Å²) in [4.78, 5) is 19.0. The van der Waals surface area contributed by atoms with Crippen molar-refractivity contribution in [2.24, 2.45) is 0 Å². The summed E-state index contributed by atoms with van der Waals surface area (Å²) >= 11 is 0. The Kier molecular flexibility index (Phi) is 7.07. The number of rotatable bonds is 7. The number of benzene rings is 1. The first-order valence-corrected chi connectivity index (χ1v) is 12.4. The highest BCUT2D eigenvalue weighted by molar-refractivity contribution is 5.90. The van der Waals surface area contributed by atoms with E-state index in [2.05, 4.69) is 38.9 Å². The van der Waals surface area contributed by atoms with E-state index in [4.69, 9.17) is 25.9 Å². The number of pyridine rings is 3. The first-order chi connectivity index (χ1) is 17.9. The molecule has 37 heavy (non-hydrogen) atoms. The van der Waals surface area contributed by atoms with Gasteiger partial charge in [0.2, 0.25) is 0 Å². The number of hydrogen-bond acceptors (Lipinski definition) is 9. The Balaban J connectivity index is 1.55. The molecule has 0 amide bonds. The number of piperazine rings is 1. The maximum Gasteiger partial charge on any atom is 0.126 e. The number of nitrogens with two attached hydrogens (primary N) is 2. The summed E-state index contributed by atoms with van der Waals surface area (Å²) in [7, 11) is 5.48. The predicted octanol–water partition coefficient (Wildman–Crippen LogP) is 3.21. The number of likely N-dealkylation sites (N-methyl/N-ethyl adjacent to an activating group) is 1. The Morgan fingerprint density at radius 1 is 0.919 bits per heavy atom. The third-order valence-electron chi connectivity index (χ3n) is 6.87. The van der Waals surface area contributed by atoms with E-state index in [1.807, 2.05) is 30.5 Å². The first kappa shape index (κ1) is 24.7. The summed E-state index contributed by atoms with van der Waals surface area (Å²) < 4.78 is 11.1. The van der Waals surface area contributed by atoms with E-state index in [-0.39, 0.29) is 0 Å². The molecule has 5 rings (SSSR count). The topological polar surface area (TPSA) is 116 Å². The second kappa shape index (κ2) is 10.6. The van der Waals surface area contributed by atoms with E-state index in [0.717, 1.165) is 72.3 Å². The molecule has 1 saturated heterocycles. The minimum atomic E-state index is 0.368. The first-order valence-electron chi connectivity index (χ1n) is 12.4. The largest absolute Gasteiger partial charge is 0.497 e. The van der Waals surface area contributed by atoms with Crippen LogP contribution in [-0.2, 0) is 13.0 Å². The van der Waals surface area contributed by atoms with Crippen LogP contribution in [0, 0.1) is 0 Å². The molecule has 0 unspecified atom stereocenters. The number of fused-ring (bicyclic) bond motifs is 1. The molecule has 1 aliphatic rings. The molecular weight excluding hydrogens is 466 g/mol.